The molecule has 0 bridgehead atoms. The molecule has 0 unspecified atom stereocenters. The summed E-state index contributed by atoms with van der Waals surface area (Å²) in [5.74, 6) is -1.34. The van der Waals surface area contributed by atoms with Crippen LogP contribution in [0, 0.1) is 0 Å². The van der Waals surface area contributed by atoms with Crippen molar-refractivity contribution < 1.29 is 33.6 Å². The largest absolute Gasteiger partial charge is 0.463 e. The van der Waals surface area contributed by atoms with Crippen LogP contribution in [-0.2, 0) is 41.6 Å². The third-order valence-electron chi connectivity index (χ3n) is 6.13. The van der Waals surface area contributed by atoms with E-state index in [0.29, 0.717) is 13.2 Å². The molecule has 2 aromatic rings. The second-order valence-electron chi connectivity index (χ2n) is 9.32. The number of benzene rings is 2. The lowest BCUT2D eigenvalue weighted by atomic mass is 9.97. The van der Waals surface area contributed by atoms with Gasteiger partial charge in [-0.1, -0.05) is 60.7 Å². The van der Waals surface area contributed by atoms with Crippen molar-refractivity contribution in [2.24, 2.45) is 0 Å². The van der Waals surface area contributed by atoms with Crippen molar-refractivity contribution in [2.45, 2.75) is 76.5 Å². The molecule has 2 heterocycles. The van der Waals surface area contributed by atoms with Crippen LogP contribution in [0.25, 0.3) is 0 Å². The molecule has 0 saturated carbocycles. The maximum Gasteiger partial charge on any atom is 0.330 e. The summed E-state index contributed by atoms with van der Waals surface area (Å²) in [6, 6.07) is 19.0. The number of esters is 1. The molecular weight excluding hydrogens is 462 g/mol. The molecule has 0 spiro atoms. The van der Waals surface area contributed by atoms with Crippen molar-refractivity contribution in [2.75, 3.05) is 6.61 Å². The highest BCUT2D eigenvalue weighted by Gasteiger charge is 2.57. The molecule has 2 aliphatic rings. The third-order valence-corrected chi connectivity index (χ3v) is 6.13. The van der Waals surface area contributed by atoms with Gasteiger partial charge in [-0.2, -0.15) is 0 Å². The quantitative estimate of drug-likeness (QED) is 0.361. The number of aliphatic hydroxyl groups is 1. The lowest BCUT2D eigenvalue weighted by molar-refractivity contribution is -0.224. The van der Waals surface area contributed by atoms with Crippen LogP contribution >= 0.6 is 0 Å². The Morgan fingerprint density at radius 3 is 2.42 bits per heavy atom. The first kappa shape index (κ1) is 26.5. The van der Waals surface area contributed by atoms with Crippen LogP contribution in [0.2, 0.25) is 0 Å². The molecule has 4 rings (SSSR count). The fourth-order valence-corrected chi connectivity index (χ4v) is 4.50. The van der Waals surface area contributed by atoms with Crippen LogP contribution in [0.3, 0.4) is 0 Å². The van der Waals surface area contributed by atoms with Gasteiger partial charge in [0.15, 0.2) is 12.1 Å². The smallest absolute Gasteiger partial charge is 0.330 e. The molecule has 0 radical (unpaired) electrons. The normalized spacial score (nSPS) is 26.6. The Bertz CT molecular complexity index is 997. The number of fused-ring (bicyclic) bond motifs is 1. The van der Waals surface area contributed by atoms with Gasteiger partial charge in [0, 0.05) is 12.6 Å². The number of carbonyl (C=O) groups excluding carboxylic acids is 1. The molecule has 6 atom stereocenters. The first-order valence-electron chi connectivity index (χ1n) is 12.3. The van der Waals surface area contributed by atoms with Crippen molar-refractivity contribution in [1.29, 1.82) is 0 Å². The summed E-state index contributed by atoms with van der Waals surface area (Å²) in [7, 11) is 0. The van der Waals surface area contributed by atoms with E-state index in [0.717, 1.165) is 11.1 Å². The number of hydrogen-bond acceptors (Lipinski definition) is 8. The number of aliphatic hydroxyl groups excluding tert-OH is 1. The Kier molecular flexibility index (Phi) is 8.90. The van der Waals surface area contributed by atoms with E-state index in [2.05, 4.69) is 5.32 Å². The number of nitrogens with one attached hydrogen (secondary N) is 1. The summed E-state index contributed by atoms with van der Waals surface area (Å²) in [5.41, 5.74) is 2.05. The van der Waals surface area contributed by atoms with Gasteiger partial charge in [0.05, 0.1) is 25.4 Å². The van der Waals surface area contributed by atoms with Crippen LogP contribution in [-0.4, -0.2) is 60.2 Å². The molecule has 2 fully saturated rings. The molecule has 36 heavy (non-hydrogen) atoms. The van der Waals surface area contributed by atoms with Crippen molar-refractivity contribution in [3.63, 3.8) is 0 Å². The summed E-state index contributed by atoms with van der Waals surface area (Å²) in [5, 5.41) is 14.6. The van der Waals surface area contributed by atoms with Crippen molar-refractivity contribution in [1.82, 2.24) is 5.32 Å². The highest BCUT2D eigenvalue weighted by molar-refractivity contribution is 5.81. The molecule has 2 N–H and O–H groups in total. The minimum Gasteiger partial charge on any atom is -0.463 e. The molecule has 8 heteroatoms. The Hall–Kier alpha value is -2.59. The second kappa shape index (κ2) is 12.1. The Morgan fingerprint density at radius 1 is 1.08 bits per heavy atom. The summed E-state index contributed by atoms with van der Waals surface area (Å²) < 4.78 is 29.8. The summed E-state index contributed by atoms with van der Waals surface area (Å²) in [4.78, 5) is 11.9. The van der Waals surface area contributed by atoms with E-state index in [4.69, 9.17) is 23.7 Å². The van der Waals surface area contributed by atoms with Crippen LogP contribution in [0.5, 0.6) is 0 Å². The summed E-state index contributed by atoms with van der Waals surface area (Å²) in [6.07, 6.45) is -0.696. The number of hydrogen-bond donors (Lipinski definition) is 2. The average Bonchev–Trinajstić information content (AvgIpc) is 3.34. The lowest BCUT2D eigenvalue weighted by Crippen LogP contribution is -2.53. The molecule has 2 saturated heterocycles. The van der Waals surface area contributed by atoms with Gasteiger partial charge in [0.1, 0.15) is 18.3 Å². The van der Waals surface area contributed by atoms with E-state index < -0.39 is 48.5 Å². The molecule has 2 aromatic carbocycles. The topological polar surface area (TPSA) is 95.5 Å². The first-order valence-corrected chi connectivity index (χ1v) is 12.3. The van der Waals surface area contributed by atoms with Crippen molar-refractivity contribution in [3.05, 3.63) is 83.9 Å². The SMILES string of the molecule is CCOC(=O)/C=C/[C@H](O)[C@H](NCc1ccccc1)[C@H]1O[C@@H]2OC(C)(C)O[C@@H]2[C@H]1OCc1ccccc1. The third kappa shape index (κ3) is 6.79. The van der Waals surface area contributed by atoms with Gasteiger partial charge in [-0.3, -0.25) is 0 Å². The number of rotatable bonds is 11. The van der Waals surface area contributed by atoms with Crippen LogP contribution in [0.1, 0.15) is 31.9 Å². The first-order chi connectivity index (χ1) is 17.4. The zero-order valence-corrected chi connectivity index (χ0v) is 20.9. The predicted octanol–water partition coefficient (Wildman–Crippen LogP) is 3.09. The van der Waals surface area contributed by atoms with Gasteiger partial charge < -0.3 is 34.1 Å². The van der Waals surface area contributed by atoms with Crippen molar-refractivity contribution >= 4 is 5.97 Å². The standard InChI is InChI=1S/C28H35NO7/c1-4-32-22(31)16-15-21(30)23(29-17-19-11-7-5-8-12-19)24-25(33-18-20-13-9-6-10-14-20)26-27(34-24)36-28(2,3)35-26/h5-16,21,23-27,29-30H,4,17-18H2,1-3H3/b16-15+/t21-,23-,24+,25-,26+,27+/m0/s1. The zero-order valence-electron chi connectivity index (χ0n) is 20.9. The fraction of sp³-hybridized carbons (Fsp3) is 0.464. The van der Waals surface area contributed by atoms with Crippen molar-refractivity contribution in [3.8, 4) is 0 Å². The van der Waals surface area contributed by atoms with Gasteiger partial charge >= 0.3 is 5.97 Å². The highest BCUT2D eigenvalue weighted by atomic mass is 16.8. The number of carbonyl (C=O) groups is 1. The second-order valence-corrected chi connectivity index (χ2v) is 9.32. The Morgan fingerprint density at radius 2 is 1.75 bits per heavy atom. The van der Waals surface area contributed by atoms with Crippen LogP contribution in [0.4, 0.5) is 0 Å². The van der Waals surface area contributed by atoms with Crippen LogP contribution < -0.4 is 5.32 Å². The Labute approximate surface area is 212 Å². The van der Waals surface area contributed by atoms with E-state index in [9.17, 15) is 9.90 Å². The van der Waals surface area contributed by atoms with E-state index in [-0.39, 0.29) is 6.61 Å². The van der Waals surface area contributed by atoms with Gasteiger partial charge in [-0.15, -0.1) is 0 Å². The fourth-order valence-electron chi connectivity index (χ4n) is 4.50. The molecule has 2 aliphatic heterocycles. The lowest BCUT2D eigenvalue weighted by Gasteiger charge is -2.33. The minimum absolute atomic E-state index is 0.254. The predicted molar refractivity (Wildman–Crippen MR) is 133 cm³/mol. The molecule has 0 aliphatic carbocycles. The van der Waals surface area contributed by atoms with E-state index >= 15 is 0 Å². The van der Waals surface area contributed by atoms with Gasteiger partial charge in [-0.25, -0.2) is 4.79 Å². The van der Waals surface area contributed by atoms with Gasteiger partial charge in [0.25, 0.3) is 0 Å². The Balaban J connectivity index is 1.56. The van der Waals surface area contributed by atoms with E-state index in [1.54, 1.807) is 6.92 Å². The van der Waals surface area contributed by atoms with E-state index in [1.165, 1.54) is 12.2 Å². The zero-order chi connectivity index (χ0) is 25.5. The molecule has 0 amide bonds. The molecular formula is C28H35NO7. The molecule has 8 nitrogen and oxygen atoms in total. The minimum atomic E-state index is -1.07. The molecule has 194 valence electrons. The summed E-state index contributed by atoms with van der Waals surface area (Å²) in [6.45, 7) is 6.47. The maximum atomic E-state index is 11.9. The monoisotopic (exact) mass is 497 g/mol. The van der Waals surface area contributed by atoms with E-state index in [1.807, 2.05) is 74.5 Å². The maximum absolute atomic E-state index is 11.9. The summed E-state index contributed by atoms with van der Waals surface area (Å²) >= 11 is 0. The number of ether oxygens (including phenoxy) is 5. The highest BCUT2D eigenvalue weighted by Crippen LogP contribution is 2.40. The molecule has 0 aromatic heterocycles. The average molecular weight is 498 g/mol. The van der Waals surface area contributed by atoms with Gasteiger partial charge in [-0.05, 0) is 38.0 Å². The van der Waals surface area contributed by atoms with Gasteiger partial charge in [0.2, 0.25) is 0 Å². The van der Waals surface area contributed by atoms with Crippen LogP contribution in [0.15, 0.2) is 72.8 Å².